The minimum Gasteiger partial charge on any atom is -0.505 e. The van der Waals surface area contributed by atoms with Gasteiger partial charge in [-0.2, -0.15) is 0 Å². The van der Waals surface area contributed by atoms with Gasteiger partial charge in [-0.3, -0.25) is 9.59 Å². The van der Waals surface area contributed by atoms with E-state index in [4.69, 9.17) is 16.3 Å². The fraction of sp³-hybridized carbons (Fsp3) is 0.387. The van der Waals surface area contributed by atoms with Crippen molar-refractivity contribution in [2.24, 2.45) is 5.92 Å². The fourth-order valence-electron chi connectivity index (χ4n) is 5.35. The monoisotopic (exact) mass is 581 g/mol. The van der Waals surface area contributed by atoms with Crippen LogP contribution in [0.3, 0.4) is 0 Å². The number of ether oxygens (including phenoxy) is 1. The van der Waals surface area contributed by atoms with Crippen LogP contribution in [0.1, 0.15) is 67.6 Å². The van der Waals surface area contributed by atoms with E-state index in [-0.39, 0.29) is 24.4 Å². The number of carbonyl (C=O) groups is 2. The van der Waals surface area contributed by atoms with Crippen molar-refractivity contribution in [2.75, 3.05) is 11.9 Å². The zero-order valence-corrected chi connectivity index (χ0v) is 24.3. The topological polar surface area (TPSA) is 130 Å². The summed E-state index contributed by atoms with van der Waals surface area (Å²) in [6, 6.07) is 11.1. The summed E-state index contributed by atoms with van der Waals surface area (Å²) in [6.07, 6.45) is 2.33. The lowest BCUT2D eigenvalue weighted by Gasteiger charge is -2.21. The summed E-state index contributed by atoms with van der Waals surface area (Å²) in [5, 5.41) is 26.2. The molecule has 41 heavy (non-hydrogen) atoms. The number of rotatable bonds is 11. The number of urea groups is 1. The molecule has 1 atom stereocenters. The lowest BCUT2D eigenvalue weighted by Crippen LogP contribution is -2.37. The number of aromatic nitrogens is 1. The molecule has 4 N–H and O–H groups in total. The second-order valence-corrected chi connectivity index (χ2v) is 11.0. The van der Waals surface area contributed by atoms with Crippen molar-refractivity contribution in [1.29, 1.82) is 0 Å². The molecular formula is C31H36ClN3O6. The molecule has 0 saturated heterocycles. The molecule has 0 spiro atoms. The van der Waals surface area contributed by atoms with Crippen LogP contribution in [0.2, 0.25) is 5.02 Å². The van der Waals surface area contributed by atoms with E-state index in [0.717, 1.165) is 18.4 Å². The molecule has 9 nitrogen and oxygen atoms in total. The third-order valence-corrected chi connectivity index (χ3v) is 7.46. The first-order valence-corrected chi connectivity index (χ1v) is 14.2. The quantitative estimate of drug-likeness (QED) is 0.230. The number of nitrogens with one attached hydrogen (secondary N) is 2. The molecule has 1 heterocycles. The van der Waals surface area contributed by atoms with Gasteiger partial charge in [0.05, 0.1) is 25.6 Å². The number of carboxylic acids is 1. The molecule has 0 fully saturated rings. The highest BCUT2D eigenvalue weighted by molar-refractivity contribution is 6.31. The van der Waals surface area contributed by atoms with E-state index >= 15 is 0 Å². The second kappa shape index (κ2) is 13.1. The number of aliphatic carboxylic acids is 1. The first kappa shape index (κ1) is 30.0. The smallest absolute Gasteiger partial charge is 0.319 e. The lowest BCUT2D eigenvalue weighted by molar-refractivity contribution is -0.137. The van der Waals surface area contributed by atoms with Crippen molar-refractivity contribution in [3.8, 4) is 11.5 Å². The highest BCUT2D eigenvalue weighted by Gasteiger charge is 2.28. The van der Waals surface area contributed by atoms with Crippen LogP contribution in [-0.2, 0) is 30.6 Å². The third kappa shape index (κ3) is 7.03. The summed E-state index contributed by atoms with van der Waals surface area (Å²) in [6.45, 7) is 6.55. The van der Waals surface area contributed by atoms with Gasteiger partial charge in [0, 0.05) is 21.8 Å². The van der Waals surface area contributed by atoms with E-state index in [2.05, 4.69) is 24.5 Å². The van der Waals surface area contributed by atoms with Gasteiger partial charge in [-0.15, -0.1) is 0 Å². The predicted octanol–water partition coefficient (Wildman–Crippen LogP) is 5.68. The maximum Gasteiger partial charge on any atom is 0.319 e. The second-order valence-electron chi connectivity index (χ2n) is 10.6. The third-order valence-electron chi connectivity index (χ3n) is 7.11. The van der Waals surface area contributed by atoms with Crippen LogP contribution in [0.5, 0.6) is 11.5 Å². The van der Waals surface area contributed by atoms with Crippen molar-refractivity contribution in [1.82, 2.24) is 9.88 Å². The van der Waals surface area contributed by atoms with Gasteiger partial charge in [0.15, 0.2) is 5.69 Å². The molecule has 2 amide bonds. The van der Waals surface area contributed by atoms with Gasteiger partial charge in [-0.1, -0.05) is 55.8 Å². The summed E-state index contributed by atoms with van der Waals surface area (Å²) < 4.78 is 7.26. The van der Waals surface area contributed by atoms with Crippen LogP contribution in [0.25, 0.3) is 0 Å². The molecular weight excluding hydrogens is 546 g/mol. The first-order chi connectivity index (χ1) is 19.6. The van der Waals surface area contributed by atoms with E-state index in [1.54, 1.807) is 24.3 Å². The average molecular weight is 582 g/mol. The van der Waals surface area contributed by atoms with Crippen LogP contribution in [0.15, 0.2) is 47.3 Å². The first-order valence-electron chi connectivity index (χ1n) is 13.8. The predicted molar refractivity (Wildman–Crippen MR) is 158 cm³/mol. The number of nitrogens with zero attached hydrogens (tertiary/aromatic N) is 1. The summed E-state index contributed by atoms with van der Waals surface area (Å²) in [5.41, 5.74) is 2.71. The van der Waals surface area contributed by atoms with Crippen LogP contribution in [-0.4, -0.2) is 33.4 Å². The van der Waals surface area contributed by atoms with Crippen molar-refractivity contribution in [2.45, 2.75) is 65.5 Å². The zero-order chi connectivity index (χ0) is 29.7. The highest BCUT2D eigenvalue weighted by atomic mass is 35.5. The number of hydrogen-bond donors (Lipinski definition) is 4. The molecule has 0 unspecified atom stereocenters. The van der Waals surface area contributed by atoms with Gasteiger partial charge in [0.25, 0.3) is 5.56 Å². The number of carboxylic acid groups (broad SMARTS) is 1. The Hall–Kier alpha value is -3.98. The molecule has 0 bridgehead atoms. The Bertz CT molecular complexity index is 1500. The Labute approximate surface area is 244 Å². The maximum absolute atomic E-state index is 13.7. The minimum absolute atomic E-state index is 0.0943. The highest BCUT2D eigenvalue weighted by Crippen LogP contribution is 2.35. The lowest BCUT2D eigenvalue weighted by atomic mass is 9.97. The molecule has 10 heteroatoms. The zero-order valence-electron chi connectivity index (χ0n) is 23.5. The van der Waals surface area contributed by atoms with Crippen LogP contribution >= 0.6 is 11.6 Å². The summed E-state index contributed by atoms with van der Waals surface area (Å²) in [5.74, 6) is -0.404. The number of hydrogen-bond acceptors (Lipinski definition) is 5. The Morgan fingerprint density at radius 2 is 1.90 bits per heavy atom. The largest absolute Gasteiger partial charge is 0.505 e. The van der Waals surface area contributed by atoms with Gasteiger partial charge >= 0.3 is 12.0 Å². The standard InChI is InChI=1S/C31H36ClN3O6/c1-4-41-26-13-7-11-23(32)22(26)17-35-25-12-6-10-21(25)29(38)28(30(35)39)34-31(40)33-24(16-27(36)37)20-9-5-8-19(15-20)14-18(2)3/h5,7-9,11,13,15,18,24,38H,4,6,10,12,14,16-17H2,1-3H3,(H,36,37)(H2,33,34,40)/t24-/m0/s1. The fourth-order valence-corrected chi connectivity index (χ4v) is 5.58. The molecule has 2 aromatic carbocycles. The SMILES string of the molecule is CCOc1cccc(Cl)c1Cn1c2c(c(O)c(NC(=O)N[C@@H](CC(=O)O)c3cccc(CC(C)C)c3)c1=O)CCC2. The Morgan fingerprint density at radius 3 is 2.61 bits per heavy atom. The van der Waals surface area contributed by atoms with Gasteiger partial charge in [0.2, 0.25) is 0 Å². The summed E-state index contributed by atoms with van der Waals surface area (Å²) >= 11 is 6.50. The van der Waals surface area contributed by atoms with E-state index < -0.39 is 23.6 Å². The number of benzene rings is 2. The number of pyridine rings is 1. The molecule has 3 aromatic rings. The van der Waals surface area contributed by atoms with E-state index in [1.807, 2.05) is 25.1 Å². The normalized spacial score (nSPS) is 13.1. The molecule has 1 aromatic heterocycles. The molecule has 1 aliphatic carbocycles. The maximum atomic E-state index is 13.7. The Morgan fingerprint density at radius 1 is 1.15 bits per heavy atom. The van der Waals surface area contributed by atoms with Crippen molar-refractivity contribution in [3.63, 3.8) is 0 Å². The minimum atomic E-state index is -1.09. The van der Waals surface area contributed by atoms with E-state index in [1.165, 1.54) is 4.57 Å². The summed E-state index contributed by atoms with van der Waals surface area (Å²) in [4.78, 5) is 38.6. The Balaban J connectivity index is 1.66. The van der Waals surface area contributed by atoms with Gasteiger partial charge < -0.3 is 30.2 Å². The van der Waals surface area contributed by atoms with Gasteiger partial charge in [0.1, 0.15) is 11.5 Å². The molecule has 4 rings (SSSR count). The average Bonchev–Trinajstić information content (AvgIpc) is 3.40. The van der Waals surface area contributed by atoms with Crippen LogP contribution in [0.4, 0.5) is 10.5 Å². The molecule has 0 saturated carbocycles. The summed E-state index contributed by atoms with van der Waals surface area (Å²) in [7, 11) is 0. The number of halogens is 1. The Kier molecular flexibility index (Phi) is 9.60. The van der Waals surface area contributed by atoms with Crippen molar-refractivity contribution in [3.05, 3.63) is 85.8 Å². The van der Waals surface area contributed by atoms with E-state index in [9.17, 15) is 24.6 Å². The number of carbonyl (C=O) groups excluding carboxylic acids is 1. The molecule has 218 valence electrons. The number of anilines is 1. The molecule has 1 aliphatic rings. The number of aromatic hydroxyl groups is 1. The number of fused-ring (bicyclic) bond motifs is 1. The molecule has 0 aliphatic heterocycles. The van der Waals surface area contributed by atoms with Crippen LogP contribution < -0.4 is 20.9 Å². The van der Waals surface area contributed by atoms with Crippen molar-refractivity contribution < 1.29 is 24.5 Å². The molecule has 0 radical (unpaired) electrons. The van der Waals surface area contributed by atoms with Crippen LogP contribution in [0, 0.1) is 5.92 Å². The van der Waals surface area contributed by atoms with Gasteiger partial charge in [-0.25, -0.2) is 4.79 Å². The van der Waals surface area contributed by atoms with E-state index in [0.29, 0.717) is 58.5 Å². The van der Waals surface area contributed by atoms with Crippen molar-refractivity contribution >= 4 is 29.3 Å². The van der Waals surface area contributed by atoms with Gasteiger partial charge in [-0.05, 0) is 61.8 Å². The number of amides is 2.